The lowest BCUT2D eigenvalue weighted by Crippen LogP contribution is -2.08. The highest BCUT2D eigenvalue weighted by atomic mass is 32.2. The first kappa shape index (κ1) is 17.6. The molecule has 26 heavy (non-hydrogen) atoms. The Morgan fingerprint density at radius 1 is 1.27 bits per heavy atom. The van der Waals surface area contributed by atoms with Gasteiger partial charge in [0.25, 0.3) is 0 Å². The van der Waals surface area contributed by atoms with Crippen LogP contribution in [0.25, 0.3) is 11.1 Å². The van der Waals surface area contributed by atoms with Crippen molar-refractivity contribution in [2.45, 2.75) is 44.3 Å². The van der Waals surface area contributed by atoms with Crippen molar-refractivity contribution in [1.29, 1.82) is 0 Å². The first-order valence-electron chi connectivity index (χ1n) is 8.99. The molecule has 0 fully saturated rings. The summed E-state index contributed by atoms with van der Waals surface area (Å²) >= 11 is 7.54. The summed E-state index contributed by atoms with van der Waals surface area (Å²) in [5.41, 5.74) is 5.35. The fourth-order valence-corrected chi connectivity index (χ4v) is 4.57. The average Bonchev–Trinajstić information content (AvgIpc) is 3.02. The molecule has 1 aliphatic rings. The van der Waals surface area contributed by atoms with Gasteiger partial charge in [-0.3, -0.25) is 0 Å². The summed E-state index contributed by atoms with van der Waals surface area (Å²) in [4.78, 5) is 5.00. The third-order valence-electron chi connectivity index (χ3n) is 4.65. The zero-order valence-electron chi connectivity index (χ0n) is 15.0. The normalized spacial score (nSPS) is 13.7. The highest BCUT2D eigenvalue weighted by molar-refractivity contribution is 7.99. The van der Waals surface area contributed by atoms with Crippen molar-refractivity contribution in [3.05, 3.63) is 64.0 Å². The number of thioether (sulfide) groups is 1. The van der Waals surface area contributed by atoms with Crippen molar-refractivity contribution in [3.8, 4) is 0 Å². The SMILES string of the molecule is C=C(C)CSc1nc2c3c(oc2c(=S)n1Cc1ccccc1)CCCC3. The van der Waals surface area contributed by atoms with Crippen LogP contribution in [0.15, 0.2) is 52.1 Å². The number of hydrogen-bond acceptors (Lipinski definition) is 4. The molecule has 0 saturated carbocycles. The molecule has 0 spiro atoms. The summed E-state index contributed by atoms with van der Waals surface area (Å²) in [5.74, 6) is 1.92. The van der Waals surface area contributed by atoms with Gasteiger partial charge in [-0.1, -0.05) is 66.5 Å². The number of nitrogens with zero attached hydrogens (tertiary/aromatic N) is 2. The van der Waals surface area contributed by atoms with E-state index in [1.165, 1.54) is 24.0 Å². The van der Waals surface area contributed by atoms with Gasteiger partial charge in [-0.25, -0.2) is 4.98 Å². The van der Waals surface area contributed by atoms with E-state index in [2.05, 4.69) is 35.4 Å². The van der Waals surface area contributed by atoms with Crippen molar-refractivity contribution in [1.82, 2.24) is 9.55 Å². The predicted molar refractivity (Wildman–Crippen MR) is 111 cm³/mol. The Labute approximate surface area is 163 Å². The van der Waals surface area contributed by atoms with Crippen molar-refractivity contribution < 1.29 is 4.42 Å². The number of aryl methyl sites for hydroxylation is 2. The molecule has 2 heterocycles. The maximum absolute atomic E-state index is 6.17. The molecule has 0 unspecified atom stereocenters. The van der Waals surface area contributed by atoms with Crippen LogP contribution in [0, 0.1) is 4.64 Å². The van der Waals surface area contributed by atoms with Crippen molar-refractivity contribution >= 4 is 35.1 Å². The Morgan fingerprint density at radius 2 is 2.04 bits per heavy atom. The van der Waals surface area contributed by atoms with E-state index in [-0.39, 0.29) is 0 Å². The van der Waals surface area contributed by atoms with Crippen molar-refractivity contribution in [2.75, 3.05) is 5.75 Å². The van der Waals surface area contributed by atoms with Gasteiger partial charge in [-0.05, 0) is 31.7 Å². The molecule has 0 bridgehead atoms. The molecular formula is C21H22N2OS2. The molecule has 5 heteroatoms. The standard InChI is InChI=1S/C21H22N2OS2/c1-14(2)13-26-21-22-18-16-10-6-7-11-17(16)24-19(18)20(25)23(21)12-15-8-4-3-5-9-15/h3-5,8-9H,1,6-7,10-13H2,2H3. The third kappa shape index (κ3) is 3.38. The highest BCUT2D eigenvalue weighted by Gasteiger charge is 2.22. The average molecular weight is 383 g/mol. The molecule has 0 N–H and O–H groups in total. The van der Waals surface area contributed by atoms with E-state index in [0.717, 1.165) is 50.8 Å². The Balaban J connectivity index is 1.86. The van der Waals surface area contributed by atoms with Gasteiger partial charge in [-0.15, -0.1) is 0 Å². The van der Waals surface area contributed by atoms with Crippen LogP contribution in [0.4, 0.5) is 0 Å². The summed E-state index contributed by atoms with van der Waals surface area (Å²) in [5, 5.41) is 0.948. The Morgan fingerprint density at radius 3 is 2.81 bits per heavy atom. The minimum absolute atomic E-state index is 0.701. The molecular weight excluding hydrogens is 360 g/mol. The predicted octanol–water partition coefficient (Wildman–Crippen LogP) is 5.95. The fraction of sp³-hybridized carbons (Fsp3) is 0.333. The first-order chi connectivity index (χ1) is 12.6. The highest BCUT2D eigenvalue weighted by Crippen LogP contribution is 2.33. The maximum Gasteiger partial charge on any atom is 0.187 e. The van der Waals surface area contributed by atoms with Gasteiger partial charge < -0.3 is 8.98 Å². The molecule has 134 valence electrons. The van der Waals surface area contributed by atoms with Crippen LogP contribution < -0.4 is 0 Å². The van der Waals surface area contributed by atoms with Crippen LogP contribution in [0.2, 0.25) is 0 Å². The van der Waals surface area contributed by atoms with Crippen LogP contribution in [-0.2, 0) is 19.4 Å². The van der Waals surface area contributed by atoms with Crippen LogP contribution in [0.5, 0.6) is 0 Å². The van der Waals surface area contributed by atoms with Crippen LogP contribution in [0.3, 0.4) is 0 Å². The lowest BCUT2D eigenvalue weighted by Gasteiger charge is -2.14. The number of aromatic nitrogens is 2. The quantitative estimate of drug-likeness (QED) is 0.236. The van der Waals surface area contributed by atoms with Gasteiger partial charge in [0.05, 0.1) is 6.54 Å². The molecule has 3 nitrogen and oxygen atoms in total. The van der Waals surface area contributed by atoms with E-state index < -0.39 is 0 Å². The fourth-order valence-electron chi connectivity index (χ4n) is 3.38. The van der Waals surface area contributed by atoms with Gasteiger partial charge in [-0.2, -0.15) is 0 Å². The zero-order valence-corrected chi connectivity index (χ0v) is 16.6. The molecule has 0 saturated heterocycles. The number of furan rings is 1. The number of fused-ring (bicyclic) bond motifs is 3. The van der Waals surface area contributed by atoms with E-state index in [4.69, 9.17) is 21.6 Å². The molecule has 4 rings (SSSR count). The van der Waals surface area contributed by atoms with Gasteiger partial charge >= 0.3 is 0 Å². The van der Waals surface area contributed by atoms with E-state index in [9.17, 15) is 0 Å². The topological polar surface area (TPSA) is 31.0 Å². The molecule has 3 aromatic rings. The Hall–Kier alpha value is -1.85. The summed E-state index contributed by atoms with van der Waals surface area (Å²) in [6, 6.07) is 10.4. The van der Waals surface area contributed by atoms with Gasteiger partial charge in [0.1, 0.15) is 11.3 Å². The Bertz CT molecular complexity index is 1020. The second-order valence-corrected chi connectivity index (χ2v) is 8.23. The minimum Gasteiger partial charge on any atom is -0.456 e. The van der Waals surface area contributed by atoms with Crippen molar-refractivity contribution in [3.63, 3.8) is 0 Å². The summed E-state index contributed by atoms with van der Waals surface area (Å²) < 4.78 is 9.02. The van der Waals surface area contributed by atoms with E-state index in [1.54, 1.807) is 11.8 Å². The lowest BCUT2D eigenvalue weighted by molar-refractivity contribution is 0.501. The number of benzene rings is 1. The molecule has 1 aliphatic carbocycles. The second kappa shape index (κ2) is 7.41. The lowest BCUT2D eigenvalue weighted by atomic mass is 9.98. The van der Waals surface area contributed by atoms with Gasteiger partial charge in [0.2, 0.25) is 0 Å². The van der Waals surface area contributed by atoms with Gasteiger partial charge in [0, 0.05) is 17.7 Å². The van der Waals surface area contributed by atoms with Crippen LogP contribution >= 0.6 is 24.0 Å². The number of rotatable bonds is 5. The van der Waals surface area contributed by atoms with E-state index >= 15 is 0 Å². The summed E-state index contributed by atoms with van der Waals surface area (Å²) in [6.07, 6.45) is 4.41. The van der Waals surface area contributed by atoms with Gasteiger partial charge in [0.15, 0.2) is 15.4 Å². The smallest absolute Gasteiger partial charge is 0.187 e. The number of hydrogen-bond donors (Lipinski definition) is 0. The molecule has 1 aromatic carbocycles. The molecule has 0 aliphatic heterocycles. The third-order valence-corrected chi connectivity index (χ3v) is 6.27. The van der Waals surface area contributed by atoms with E-state index in [0.29, 0.717) is 6.54 Å². The summed E-state index contributed by atoms with van der Waals surface area (Å²) in [6.45, 7) is 6.77. The maximum atomic E-state index is 6.17. The van der Waals surface area contributed by atoms with Crippen LogP contribution in [-0.4, -0.2) is 15.3 Å². The largest absolute Gasteiger partial charge is 0.456 e. The first-order valence-corrected chi connectivity index (χ1v) is 10.4. The summed E-state index contributed by atoms with van der Waals surface area (Å²) in [7, 11) is 0. The minimum atomic E-state index is 0.701. The molecule has 0 atom stereocenters. The van der Waals surface area contributed by atoms with Crippen LogP contribution in [0.1, 0.15) is 36.7 Å². The zero-order chi connectivity index (χ0) is 18.1. The molecule has 0 radical (unpaired) electrons. The van der Waals surface area contributed by atoms with Crippen molar-refractivity contribution in [2.24, 2.45) is 0 Å². The monoisotopic (exact) mass is 382 g/mol. The molecule has 0 amide bonds. The van der Waals surface area contributed by atoms with E-state index in [1.807, 2.05) is 13.0 Å². The second-order valence-electron chi connectivity index (χ2n) is 6.91. The molecule has 2 aromatic heterocycles. The Kier molecular flexibility index (Phi) is 5.00.